The van der Waals surface area contributed by atoms with E-state index in [1.54, 1.807) is 13.0 Å². The van der Waals surface area contributed by atoms with Crippen molar-refractivity contribution in [1.82, 2.24) is 4.90 Å². The molecule has 8 unspecified atom stereocenters. The first kappa shape index (κ1) is 26.5. The summed E-state index contributed by atoms with van der Waals surface area (Å²) in [5.41, 5.74) is -1.99. The minimum absolute atomic E-state index is 0.00721. The van der Waals surface area contributed by atoms with Crippen LogP contribution in [0.4, 0.5) is 8.78 Å². The standard InChI is InChI=1S/C28H37F2NO6/c1-15(31(14-24(29)30)25(35)23-5-4-10-37-23)16-7-9-28(36)18-11-20(32)19-12-21(33)22(34)13-26(19,2)17(18)6-8-27(16,28)3/h4-5,10-11,15-17,19,21-22,24,33-34,36H,6-9,12-14H2,1-3H3/t15?,16?,17?,19?,21?,22?,26?,27?,28-/m1/s1. The number of aliphatic hydroxyl groups is 3. The van der Waals surface area contributed by atoms with Gasteiger partial charge in [0.15, 0.2) is 11.5 Å². The first-order valence-electron chi connectivity index (χ1n) is 13.3. The van der Waals surface area contributed by atoms with Crippen LogP contribution >= 0.6 is 0 Å². The van der Waals surface area contributed by atoms with E-state index in [2.05, 4.69) is 0 Å². The number of carbonyl (C=O) groups excluding carboxylic acids is 2. The van der Waals surface area contributed by atoms with Crippen molar-refractivity contribution in [2.24, 2.45) is 28.6 Å². The fourth-order valence-corrected chi connectivity index (χ4v) is 8.53. The lowest BCUT2D eigenvalue weighted by Gasteiger charge is -2.60. The Labute approximate surface area is 215 Å². The number of rotatable bonds is 5. The van der Waals surface area contributed by atoms with Crippen LogP contribution in [-0.4, -0.2) is 68.7 Å². The molecule has 1 aromatic rings. The Morgan fingerprint density at radius 3 is 2.57 bits per heavy atom. The Morgan fingerprint density at radius 1 is 1.19 bits per heavy atom. The van der Waals surface area contributed by atoms with E-state index < -0.39 is 59.5 Å². The highest BCUT2D eigenvalue weighted by Crippen LogP contribution is 2.67. The molecular weight excluding hydrogens is 484 g/mol. The molecule has 0 bridgehead atoms. The Hall–Kier alpha value is -2.10. The van der Waals surface area contributed by atoms with Gasteiger partial charge in [-0.3, -0.25) is 9.59 Å². The van der Waals surface area contributed by atoms with Crippen LogP contribution in [0.15, 0.2) is 34.5 Å². The number of alkyl halides is 2. The molecular formula is C28H37F2NO6. The number of furan rings is 1. The lowest BCUT2D eigenvalue weighted by Crippen LogP contribution is -2.61. The predicted octanol–water partition coefficient (Wildman–Crippen LogP) is 3.58. The molecule has 37 heavy (non-hydrogen) atoms. The van der Waals surface area contributed by atoms with E-state index in [0.29, 0.717) is 31.3 Å². The first-order valence-corrected chi connectivity index (χ1v) is 13.3. The van der Waals surface area contributed by atoms with Crippen molar-refractivity contribution in [2.75, 3.05) is 6.54 Å². The Balaban J connectivity index is 1.49. The average Bonchev–Trinajstić information content (AvgIpc) is 3.45. The number of nitrogens with zero attached hydrogens (tertiary/aromatic N) is 1. The highest BCUT2D eigenvalue weighted by atomic mass is 19.3. The molecule has 4 aliphatic rings. The largest absolute Gasteiger partial charge is 0.459 e. The van der Waals surface area contributed by atoms with Crippen LogP contribution in [0.25, 0.3) is 0 Å². The molecule has 7 nitrogen and oxygen atoms in total. The summed E-state index contributed by atoms with van der Waals surface area (Å²) < 4.78 is 32.4. The summed E-state index contributed by atoms with van der Waals surface area (Å²) in [6.45, 7) is 4.95. The summed E-state index contributed by atoms with van der Waals surface area (Å²) in [7, 11) is 0. The van der Waals surface area contributed by atoms with Crippen LogP contribution in [0.1, 0.15) is 69.9 Å². The van der Waals surface area contributed by atoms with E-state index in [9.17, 15) is 33.7 Å². The third-order valence-electron chi connectivity index (χ3n) is 10.6. The minimum Gasteiger partial charge on any atom is -0.459 e. The molecule has 1 amide bonds. The van der Waals surface area contributed by atoms with Crippen LogP contribution in [0.3, 0.4) is 0 Å². The van der Waals surface area contributed by atoms with Gasteiger partial charge in [-0.25, -0.2) is 8.78 Å². The number of amides is 1. The smallest absolute Gasteiger partial charge is 0.289 e. The second-order valence-electron chi connectivity index (χ2n) is 12.2. The van der Waals surface area contributed by atoms with Gasteiger partial charge in [0.25, 0.3) is 12.3 Å². The van der Waals surface area contributed by atoms with E-state index >= 15 is 0 Å². The fraction of sp³-hybridized carbons (Fsp3) is 0.714. The SMILES string of the molecule is CC(C1CC[C@@]2(O)C3=CC(=O)C4CC(O)C(O)CC4(C)C3CCC12C)N(CC(F)F)C(=O)c1ccco1. The van der Waals surface area contributed by atoms with Gasteiger partial charge in [0.05, 0.1) is 30.6 Å². The van der Waals surface area contributed by atoms with Gasteiger partial charge in [0.2, 0.25) is 0 Å². The molecule has 3 saturated carbocycles. The van der Waals surface area contributed by atoms with Crippen LogP contribution in [0.5, 0.6) is 0 Å². The van der Waals surface area contributed by atoms with Crippen molar-refractivity contribution < 1.29 is 38.1 Å². The average molecular weight is 522 g/mol. The van der Waals surface area contributed by atoms with E-state index in [1.165, 1.54) is 18.4 Å². The molecule has 0 radical (unpaired) electrons. The van der Waals surface area contributed by atoms with Gasteiger partial charge in [-0.1, -0.05) is 13.8 Å². The first-order chi connectivity index (χ1) is 17.3. The number of hydrogen-bond donors (Lipinski definition) is 3. The number of halogens is 2. The number of ketones is 1. The molecule has 1 aromatic heterocycles. The molecule has 4 aliphatic carbocycles. The maximum atomic E-state index is 13.6. The van der Waals surface area contributed by atoms with Gasteiger partial charge in [0, 0.05) is 17.4 Å². The summed E-state index contributed by atoms with van der Waals surface area (Å²) >= 11 is 0. The Morgan fingerprint density at radius 2 is 1.92 bits per heavy atom. The van der Waals surface area contributed by atoms with Gasteiger partial charge < -0.3 is 24.6 Å². The quantitative estimate of drug-likeness (QED) is 0.546. The van der Waals surface area contributed by atoms with Gasteiger partial charge >= 0.3 is 0 Å². The van der Waals surface area contributed by atoms with Gasteiger partial charge in [-0.2, -0.15) is 0 Å². The zero-order chi connectivity index (χ0) is 26.9. The molecule has 0 spiro atoms. The van der Waals surface area contributed by atoms with E-state index in [-0.39, 0.29) is 36.2 Å². The zero-order valence-electron chi connectivity index (χ0n) is 21.6. The zero-order valence-corrected chi connectivity index (χ0v) is 21.6. The topological polar surface area (TPSA) is 111 Å². The molecule has 9 atom stereocenters. The number of aliphatic hydroxyl groups excluding tert-OH is 2. The van der Waals surface area contributed by atoms with Crippen LogP contribution in [-0.2, 0) is 4.79 Å². The van der Waals surface area contributed by atoms with Gasteiger partial charge in [0.1, 0.15) is 0 Å². The molecule has 3 N–H and O–H groups in total. The van der Waals surface area contributed by atoms with E-state index in [4.69, 9.17) is 4.42 Å². The van der Waals surface area contributed by atoms with E-state index in [0.717, 1.165) is 4.90 Å². The summed E-state index contributed by atoms with van der Waals surface area (Å²) in [5.74, 6) is -1.59. The summed E-state index contributed by atoms with van der Waals surface area (Å²) in [6, 6.07) is 2.39. The van der Waals surface area contributed by atoms with Gasteiger partial charge in [-0.05, 0) is 86.5 Å². The minimum atomic E-state index is -2.73. The normalized spacial score (nSPS) is 42.0. The lowest BCUT2D eigenvalue weighted by atomic mass is 9.46. The molecule has 0 aromatic carbocycles. The molecule has 5 rings (SSSR count). The predicted molar refractivity (Wildman–Crippen MR) is 130 cm³/mol. The van der Waals surface area contributed by atoms with Crippen LogP contribution < -0.4 is 0 Å². The van der Waals surface area contributed by atoms with Crippen molar-refractivity contribution in [2.45, 2.75) is 89.6 Å². The number of hydrogen-bond acceptors (Lipinski definition) is 6. The second-order valence-corrected chi connectivity index (χ2v) is 12.2. The summed E-state index contributed by atoms with van der Waals surface area (Å²) in [5, 5.41) is 33.0. The van der Waals surface area contributed by atoms with E-state index in [1.807, 2.05) is 13.8 Å². The Kier molecular flexibility index (Phi) is 6.44. The molecule has 3 fully saturated rings. The van der Waals surface area contributed by atoms with Crippen molar-refractivity contribution in [3.8, 4) is 0 Å². The highest BCUT2D eigenvalue weighted by Gasteiger charge is 2.67. The molecule has 204 valence electrons. The van der Waals surface area contributed by atoms with Crippen molar-refractivity contribution in [1.29, 1.82) is 0 Å². The lowest BCUT2D eigenvalue weighted by molar-refractivity contribution is -0.153. The van der Waals surface area contributed by atoms with Crippen molar-refractivity contribution in [3.05, 3.63) is 35.8 Å². The number of fused-ring (bicyclic) bond motifs is 5. The maximum absolute atomic E-state index is 13.6. The van der Waals surface area contributed by atoms with Crippen molar-refractivity contribution in [3.63, 3.8) is 0 Å². The monoisotopic (exact) mass is 521 g/mol. The molecule has 9 heteroatoms. The van der Waals surface area contributed by atoms with Crippen LogP contribution in [0.2, 0.25) is 0 Å². The number of carbonyl (C=O) groups is 2. The van der Waals surface area contributed by atoms with Crippen molar-refractivity contribution >= 4 is 11.7 Å². The van der Waals surface area contributed by atoms with Crippen LogP contribution in [0, 0.1) is 28.6 Å². The summed E-state index contributed by atoms with van der Waals surface area (Å²) in [6.07, 6.45) is 0.896. The third kappa shape index (κ3) is 3.83. The molecule has 0 aliphatic heterocycles. The second kappa shape index (κ2) is 8.99. The fourth-order valence-electron chi connectivity index (χ4n) is 8.53. The Bertz CT molecular complexity index is 1090. The molecule has 1 heterocycles. The highest BCUT2D eigenvalue weighted by molar-refractivity contribution is 5.95. The molecule has 0 saturated heterocycles. The maximum Gasteiger partial charge on any atom is 0.289 e. The summed E-state index contributed by atoms with van der Waals surface area (Å²) in [4.78, 5) is 27.6. The van der Waals surface area contributed by atoms with Gasteiger partial charge in [-0.15, -0.1) is 0 Å². The third-order valence-corrected chi connectivity index (χ3v) is 10.6. The number of allylic oxidation sites excluding steroid dienone is 1.